The van der Waals surface area contributed by atoms with Crippen LogP contribution in [-0.4, -0.2) is 15.7 Å². The molecule has 0 saturated heterocycles. The molecule has 2 heterocycles. The molecule has 1 aliphatic heterocycles. The second-order valence-corrected chi connectivity index (χ2v) is 8.42. The Labute approximate surface area is 191 Å². The molecule has 1 aliphatic rings. The van der Waals surface area contributed by atoms with Gasteiger partial charge in [0.1, 0.15) is 5.82 Å². The summed E-state index contributed by atoms with van der Waals surface area (Å²) in [5.41, 5.74) is 0.687. The van der Waals surface area contributed by atoms with Crippen LogP contribution in [0.15, 0.2) is 100 Å². The summed E-state index contributed by atoms with van der Waals surface area (Å²) in [5.74, 6) is 0.109. The SMILES string of the molecule is Fc1cccc(-n2cc(-c3ccccc3)nc2SCc2ccc(C3(C(F)(F)F)N=N3)cc2)c1. The lowest BCUT2D eigenvalue weighted by molar-refractivity contribution is -0.166. The van der Waals surface area contributed by atoms with Crippen LogP contribution < -0.4 is 0 Å². The quantitative estimate of drug-likeness (QED) is 0.223. The van der Waals surface area contributed by atoms with E-state index in [1.807, 2.05) is 41.1 Å². The zero-order valence-electron chi connectivity index (χ0n) is 17.0. The molecule has 3 aromatic carbocycles. The van der Waals surface area contributed by atoms with E-state index in [-0.39, 0.29) is 11.4 Å². The minimum Gasteiger partial charge on any atom is -0.294 e. The van der Waals surface area contributed by atoms with Crippen molar-refractivity contribution in [1.82, 2.24) is 9.55 Å². The number of benzene rings is 3. The average molecular weight is 468 g/mol. The maximum Gasteiger partial charge on any atom is 0.442 e. The van der Waals surface area contributed by atoms with E-state index in [9.17, 15) is 17.6 Å². The van der Waals surface area contributed by atoms with Crippen molar-refractivity contribution in [2.45, 2.75) is 22.7 Å². The lowest BCUT2D eigenvalue weighted by atomic mass is 10.0. The zero-order chi connectivity index (χ0) is 23.1. The fraction of sp³-hybridized carbons (Fsp3) is 0.125. The van der Waals surface area contributed by atoms with Crippen LogP contribution in [0.2, 0.25) is 0 Å². The van der Waals surface area contributed by atoms with Gasteiger partial charge >= 0.3 is 11.8 Å². The summed E-state index contributed by atoms with van der Waals surface area (Å²) in [6, 6.07) is 21.9. The molecule has 1 aromatic heterocycles. The Morgan fingerprint density at radius 3 is 2.24 bits per heavy atom. The van der Waals surface area contributed by atoms with Gasteiger partial charge in [0.05, 0.1) is 11.4 Å². The molecule has 166 valence electrons. The van der Waals surface area contributed by atoms with E-state index >= 15 is 0 Å². The molecule has 0 bridgehead atoms. The third kappa shape index (κ3) is 4.16. The molecule has 0 atom stereocenters. The van der Waals surface area contributed by atoms with Gasteiger partial charge in [-0.15, -0.1) is 10.2 Å². The van der Waals surface area contributed by atoms with Gasteiger partial charge in [-0.25, -0.2) is 9.37 Å². The summed E-state index contributed by atoms with van der Waals surface area (Å²) < 4.78 is 55.3. The average Bonchev–Trinajstić information content (AvgIpc) is 3.53. The molecule has 0 radical (unpaired) electrons. The molecule has 9 heteroatoms. The molecule has 33 heavy (non-hydrogen) atoms. The number of rotatable bonds is 6. The number of alkyl halides is 3. The first-order chi connectivity index (χ1) is 15.9. The minimum absolute atomic E-state index is 0.00336. The van der Waals surface area contributed by atoms with Crippen molar-refractivity contribution >= 4 is 11.8 Å². The predicted octanol–water partition coefficient (Wildman–Crippen LogP) is 7.15. The van der Waals surface area contributed by atoms with Gasteiger partial charge in [0.2, 0.25) is 0 Å². The van der Waals surface area contributed by atoms with Crippen LogP contribution in [-0.2, 0) is 11.4 Å². The van der Waals surface area contributed by atoms with Crippen LogP contribution in [0.1, 0.15) is 11.1 Å². The van der Waals surface area contributed by atoms with Crippen molar-refractivity contribution in [3.63, 3.8) is 0 Å². The van der Waals surface area contributed by atoms with Crippen LogP contribution in [0.4, 0.5) is 17.6 Å². The highest BCUT2D eigenvalue weighted by atomic mass is 32.2. The second-order valence-electron chi connectivity index (χ2n) is 7.48. The van der Waals surface area contributed by atoms with E-state index < -0.39 is 11.8 Å². The largest absolute Gasteiger partial charge is 0.442 e. The molecule has 4 aromatic rings. The Morgan fingerprint density at radius 2 is 1.61 bits per heavy atom. The molecule has 0 unspecified atom stereocenters. The first-order valence-electron chi connectivity index (χ1n) is 9.99. The fourth-order valence-electron chi connectivity index (χ4n) is 3.45. The Hall–Kier alpha value is -3.46. The van der Waals surface area contributed by atoms with Crippen LogP contribution in [0.25, 0.3) is 16.9 Å². The van der Waals surface area contributed by atoms with Gasteiger partial charge in [0, 0.05) is 23.1 Å². The third-order valence-corrected chi connectivity index (χ3v) is 6.27. The van der Waals surface area contributed by atoms with Gasteiger partial charge in [-0.3, -0.25) is 4.57 Å². The van der Waals surface area contributed by atoms with Crippen LogP contribution in [0, 0.1) is 5.82 Å². The maximum absolute atomic E-state index is 13.9. The Balaban J connectivity index is 1.40. The maximum atomic E-state index is 13.9. The predicted molar refractivity (Wildman–Crippen MR) is 118 cm³/mol. The van der Waals surface area contributed by atoms with Gasteiger partial charge in [0.25, 0.3) is 0 Å². The summed E-state index contributed by atoms with van der Waals surface area (Å²) in [5, 5.41) is 7.11. The molecular weight excluding hydrogens is 452 g/mol. The van der Waals surface area contributed by atoms with E-state index in [2.05, 4.69) is 10.2 Å². The van der Waals surface area contributed by atoms with Crippen LogP contribution in [0.5, 0.6) is 0 Å². The number of hydrogen-bond donors (Lipinski definition) is 0. The Kier molecular flexibility index (Phi) is 5.28. The molecule has 5 rings (SSSR count). The molecule has 0 N–H and O–H groups in total. The number of halogens is 4. The first kappa shape index (κ1) is 21.4. The van der Waals surface area contributed by atoms with E-state index in [0.29, 0.717) is 16.6 Å². The van der Waals surface area contributed by atoms with E-state index in [1.165, 1.54) is 36.0 Å². The van der Waals surface area contributed by atoms with Crippen LogP contribution >= 0.6 is 11.8 Å². The Morgan fingerprint density at radius 1 is 0.879 bits per heavy atom. The third-order valence-electron chi connectivity index (χ3n) is 5.25. The highest BCUT2D eigenvalue weighted by Gasteiger charge is 2.65. The molecule has 0 amide bonds. The second kappa shape index (κ2) is 8.15. The van der Waals surface area contributed by atoms with E-state index in [0.717, 1.165) is 16.8 Å². The topological polar surface area (TPSA) is 42.5 Å². The number of thioether (sulfide) groups is 1. The van der Waals surface area contributed by atoms with Gasteiger partial charge in [-0.05, 0) is 23.8 Å². The molecular formula is C24H16F4N4S. The lowest BCUT2D eigenvalue weighted by Crippen LogP contribution is -2.30. The number of nitrogens with zero attached hydrogens (tertiary/aromatic N) is 4. The highest BCUT2D eigenvalue weighted by molar-refractivity contribution is 7.98. The highest BCUT2D eigenvalue weighted by Crippen LogP contribution is 2.52. The summed E-state index contributed by atoms with van der Waals surface area (Å²) in [6.45, 7) is 0. The van der Waals surface area contributed by atoms with Crippen molar-refractivity contribution < 1.29 is 17.6 Å². The summed E-state index contributed by atoms with van der Waals surface area (Å²) in [4.78, 5) is 4.73. The van der Waals surface area contributed by atoms with Gasteiger partial charge in [-0.1, -0.05) is 72.4 Å². The number of hydrogen-bond acceptors (Lipinski definition) is 4. The van der Waals surface area contributed by atoms with Gasteiger partial charge < -0.3 is 0 Å². The molecule has 0 saturated carbocycles. The van der Waals surface area contributed by atoms with Crippen LogP contribution in [0.3, 0.4) is 0 Å². The van der Waals surface area contributed by atoms with Crippen molar-refractivity contribution in [3.8, 4) is 16.9 Å². The standard InChI is InChI=1S/C24H16F4N4S/c25-19-7-4-8-20(13-19)32-14-21(17-5-2-1-3-6-17)29-22(32)33-15-16-9-11-18(12-10-16)23(30-31-23)24(26,27)28/h1-14H,15H2. The minimum atomic E-state index is -4.55. The molecule has 4 nitrogen and oxygen atoms in total. The Bertz CT molecular complexity index is 1310. The van der Waals surface area contributed by atoms with Crippen molar-refractivity contribution in [2.24, 2.45) is 10.2 Å². The first-order valence-corrected chi connectivity index (χ1v) is 11.0. The fourth-order valence-corrected chi connectivity index (χ4v) is 4.40. The summed E-state index contributed by atoms with van der Waals surface area (Å²) >= 11 is 1.41. The zero-order valence-corrected chi connectivity index (χ0v) is 17.8. The summed E-state index contributed by atoms with van der Waals surface area (Å²) in [6.07, 6.45) is -2.70. The smallest absolute Gasteiger partial charge is 0.294 e. The number of aromatic nitrogens is 2. The lowest BCUT2D eigenvalue weighted by Gasteiger charge is -2.15. The van der Waals surface area contributed by atoms with E-state index in [4.69, 9.17) is 4.98 Å². The molecule has 0 fully saturated rings. The van der Waals surface area contributed by atoms with E-state index in [1.54, 1.807) is 24.3 Å². The molecule has 0 aliphatic carbocycles. The van der Waals surface area contributed by atoms with Crippen molar-refractivity contribution in [3.05, 3.63) is 102 Å². The van der Waals surface area contributed by atoms with Gasteiger partial charge in [-0.2, -0.15) is 13.2 Å². The van der Waals surface area contributed by atoms with Crippen molar-refractivity contribution in [2.75, 3.05) is 0 Å². The van der Waals surface area contributed by atoms with Gasteiger partial charge in [0.15, 0.2) is 5.16 Å². The molecule has 0 spiro atoms. The number of imidazole rings is 1. The monoisotopic (exact) mass is 468 g/mol. The van der Waals surface area contributed by atoms with Crippen molar-refractivity contribution in [1.29, 1.82) is 0 Å². The normalized spacial score (nSPS) is 14.4. The summed E-state index contributed by atoms with van der Waals surface area (Å²) in [7, 11) is 0.